The van der Waals surface area contributed by atoms with E-state index >= 15 is 0 Å². The van der Waals surface area contributed by atoms with Crippen molar-refractivity contribution in [3.8, 4) is 0 Å². The molecule has 0 bridgehead atoms. The molecule has 1 fully saturated rings. The van der Waals surface area contributed by atoms with E-state index in [0.717, 1.165) is 5.75 Å². The molecule has 1 nitrogen and oxygen atoms in total. The van der Waals surface area contributed by atoms with E-state index in [0.29, 0.717) is 0 Å². The predicted octanol–water partition coefficient (Wildman–Crippen LogP) is 4.09. The largest absolute Gasteiger partial charge is 0.302 e. The van der Waals surface area contributed by atoms with Crippen LogP contribution in [0.2, 0.25) is 0 Å². The van der Waals surface area contributed by atoms with Crippen molar-refractivity contribution in [1.29, 1.82) is 0 Å². The number of thiol groups is 1. The molecule has 17 heavy (non-hydrogen) atoms. The lowest BCUT2D eigenvalue weighted by Crippen LogP contribution is -2.27. The number of unbranched alkanes of at least 4 members (excludes halogenated alkanes) is 6. The molecule has 0 aliphatic carbocycles. The Kier molecular flexibility index (Phi) is 10.8. The maximum absolute atomic E-state index is 4.24. The monoisotopic (exact) mass is 275 g/mol. The van der Waals surface area contributed by atoms with Crippen LogP contribution in [0.25, 0.3) is 0 Å². The van der Waals surface area contributed by atoms with Gasteiger partial charge < -0.3 is 4.90 Å². The Morgan fingerprint density at radius 3 is 2.29 bits per heavy atom. The summed E-state index contributed by atoms with van der Waals surface area (Å²) in [5.41, 5.74) is 0. The van der Waals surface area contributed by atoms with Gasteiger partial charge in [0.2, 0.25) is 0 Å². The molecule has 1 rings (SSSR count). The third-order valence-corrected chi connectivity index (χ3v) is 4.81. The van der Waals surface area contributed by atoms with Crippen molar-refractivity contribution >= 4 is 24.4 Å². The normalized spacial score (nSPS) is 18.2. The minimum absolute atomic E-state index is 1.06. The summed E-state index contributed by atoms with van der Waals surface area (Å²) in [6.45, 7) is 4.01. The first-order chi connectivity index (χ1) is 8.43. The van der Waals surface area contributed by atoms with Crippen LogP contribution in [0.5, 0.6) is 0 Å². The van der Waals surface area contributed by atoms with E-state index in [1.54, 1.807) is 0 Å². The Balaban J connectivity index is 1.82. The summed E-state index contributed by atoms with van der Waals surface area (Å²) in [5, 5.41) is 0. The van der Waals surface area contributed by atoms with Crippen molar-refractivity contribution in [2.75, 3.05) is 36.9 Å². The summed E-state index contributed by atoms with van der Waals surface area (Å²) in [4.78, 5) is 2.67. The number of hydrogen-bond acceptors (Lipinski definition) is 3. The third kappa shape index (κ3) is 9.26. The molecule has 1 heterocycles. The minimum atomic E-state index is 1.06. The van der Waals surface area contributed by atoms with Crippen LogP contribution in [0.1, 0.15) is 51.4 Å². The van der Waals surface area contributed by atoms with Crippen molar-refractivity contribution in [2.24, 2.45) is 0 Å². The van der Waals surface area contributed by atoms with E-state index in [-0.39, 0.29) is 0 Å². The summed E-state index contributed by atoms with van der Waals surface area (Å²) < 4.78 is 0. The molecule has 3 heteroatoms. The first-order valence-corrected chi connectivity index (χ1v) is 9.13. The van der Waals surface area contributed by atoms with Gasteiger partial charge in [0.15, 0.2) is 0 Å². The quantitative estimate of drug-likeness (QED) is 0.499. The summed E-state index contributed by atoms with van der Waals surface area (Å²) in [5.74, 6) is 3.79. The average Bonchev–Trinajstić information content (AvgIpc) is 2.61. The van der Waals surface area contributed by atoms with Gasteiger partial charge in [0.05, 0.1) is 0 Å². The lowest BCUT2D eigenvalue weighted by Gasteiger charge is -2.18. The molecule has 0 amide bonds. The van der Waals surface area contributed by atoms with E-state index in [4.69, 9.17) is 0 Å². The first-order valence-electron chi connectivity index (χ1n) is 7.34. The van der Waals surface area contributed by atoms with Crippen LogP contribution >= 0.6 is 24.4 Å². The van der Waals surface area contributed by atoms with Gasteiger partial charge in [-0.25, -0.2) is 0 Å². The fourth-order valence-electron chi connectivity index (χ4n) is 2.35. The second-order valence-corrected chi connectivity index (χ2v) is 6.68. The molecule has 0 spiro atoms. The number of rotatable bonds is 9. The Hall–Kier alpha value is 0.660. The molecule has 0 saturated carbocycles. The molecule has 1 saturated heterocycles. The number of hydrogen-bond donors (Lipinski definition) is 1. The van der Waals surface area contributed by atoms with Gasteiger partial charge in [-0.15, -0.1) is 0 Å². The highest BCUT2D eigenvalue weighted by molar-refractivity contribution is 7.99. The highest BCUT2D eigenvalue weighted by Crippen LogP contribution is 2.12. The van der Waals surface area contributed by atoms with Crippen molar-refractivity contribution in [1.82, 2.24) is 4.90 Å². The highest BCUT2D eigenvalue weighted by atomic mass is 32.2. The molecular formula is C14H29NS2. The van der Waals surface area contributed by atoms with E-state index in [1.807, 2.05) is 0 Å². The van der Waals surface area contributed by atoms with E-state index in [2.05, 4.69) is 29.3 Å². The van der Waals surface area contributed by atoms with Crippen LogP contribution in [0.3, 0.4) is 0 Å². The summed E-state index contributed by atoms with van der Waals surface area (Å²) in [7, 11) is 0. The SMILES string of the molecule is SCCCCCCCCCN1CCCSCC1. The Morgan fingerprint density at radius 2 is 1.53 bits per heavy atom. The Bertz CT molecular complexity index is 156. The topological polar surface area (TPSA) is 3.24 Å². The first kappa shape index (κ1) is 15.7. The molecule has 0 aromatic rings. The fraction of sp³-hybridized carbons (Fsp3) is 1.00. The molecule has 0 aromatic heterocycles. The zero-order chi connectivity index (χ0) is 12.2. The summed E-state index contributed by atoms with van der Waals surface area (Å²) >= 11 is 6.37. The molecule has 0 atom stereocenters. The standard InChI is InChI=1S/C14H29NS2/c16-12-7-5-3-1-2-4-6-9-15-10-8-13-17-14-11-15/h16H,1-14H2. The van der Waals surface area contributed by atoms with Gasteiger partial charge in [0.25, 0.3) is 0 Å². The zero-order valence-electron chi connectivity index (χ0n) is 11.2. The van der Waals surface area contributed by atoms with Gasteiger partial charge in [-0.3, -0.25) is 0 Å². The van der Waals surface area contributed by atoms with Gasteiger partial charge >= 0.3 is 0 Å². The van der Waals surface area contributed by atoms with Crippen LogP contribution < -0.4 is 0 Å². The summed E-state index contributed by atoms with van der Waals surface area (Å²) in [6.07, 6.45) is 11.2. The second-order valence-electron chi connectivity index (χ2n) is 5.01. The zero-order valence-corrected chi connectivity index (χ0v) is 12.9. The fourth-order valence-corrected chi connectivity index (χ4v) is 3.50. The van der Waals surface area contributed by atoms with E-state index in [1.165, 1.54) is 82.5 Å². The van der Waals surface area contributed by atoms with Gasteiger partial charge in [0, 0.05) is 12.3 Å². The van der Waals surface area contributed by atoms with Crippen LogP contribution in [-0.2, 0) is 0 Å². The van der Waals surface area contributed by atoms with Crippen LogP contribution in [0.15, 0.2) is 0 Å². The van der Waals surface area contributed by atoms with Crippen molar-refractivity contribution in [3.05, 3.63) is 0 Å². The number of nitrogens with zero attached hydrogens (tertiary/aromatic N) is 1. The molecule has 1 aliphatic heterocycles. The molecule has 0 N–H and O–H groups in total. The minimum Gasteiger partial charge on any atom is -0.302 e. The van der Waals surface area contributed by atoms with Gasteiger partial charge in [-0.2, -0.15) is 24.4 Å². The van der Waals surface area contributed by atoms with Gasteiger partial charge in [0.1, 0.15) is 0 Å². The molecule has 0 aromatic carbocycles. The smallest absolute Gasteiger partial charge is 0.00723 e. The molecule has 0 radical (unpaired) electrons. The Labute approximate surface area is 118 Å². The van der Waals surface area contributed by atoms with Crippen LogP contribution in [0, 0.1) is 0 Å². The number of thioether (sulfide) groups is 1. The second kappa shape index (κ2) is 11.7. The highest BCUT2D eigenvalue weighted by Gasteiger charge is 2.07. The Morgan fingerprint density at radius 1 is 0.824 bits per heavy atom. The van der Waals surface area contributed by atoms with Crippen LogP contribution in [0.4, 0.5) is 0 Å². The maximum Gasteiger partial charge on any atom is 0.00723 e. The third-order valence-electron chi connectivity index (χ3n) is 3.45. The van der Waals surface area contributed by atoms with Crippen molar-refractivity contribution in [2.45, 2.75) is 51.4 Å². The lowest BCUT2D eigenvalue weighted by molar-refractivity contribution is 0.287. The van der Waals surface area contributed by atoms with Crippen molar-refractivity contribution in [3.63, 3.8) is 0 Å². The molecular weight excluding hydrogens is 246 g/mol. The maximum atomic E-state index is 4.24. The van der Waals surface area contributed by atoms with E-state index in [9.17, 15) is 0 Å². The van der Waals surface area contributed by atoms with E-state index < -0.39 is 0 Å². The average molecular weight is 276 g/mol. The molecule has 102 valence electrons. The molecule has 0 unspecified atom stereocenters. The summed E-state index contributed by atoms with van der Waals surface area (Å²) in [6, 6.07) is 0. The lowest BCUT2D eigenvalue weighted by atomic mass is 10.1. The van der Waals surface area contributed by atoms with Gasteiger partial charge in [-0.05, 0) is 43.9 Å². The van der Waals surface area contributed by atoms with Crippen molar-refractivity contribution < 1.29 is 0 Å². The van der Waals surface area contributed by atoms with Crippen LogP contribution in [-0.4, -0.2) is 41.8 Å². The van der Waals surface area contributed by atoms with Gasteiger partial charge in [-0.1, -0.05) is 32.1 Å². The molecule has 1 aliphatic rings. The predicted molar refractivity (Wildman–Crippen MR) is 84.6 cm³/mol.